The fourth-order valence-electron chi connectivity index (χ4n) is 3.03. The van der Waals surface area contributed by atoms with Crippen molar-refractivity contribution in [1.82, 2.24) is 10.1 Å². The number of carbonyl (C=O) groups is 1. The third-order valence-electron chi connectivity index (χ3n) is 4.27. The second-order valence-electron chi connectivity index (χ2n) is 5.95. The van der Waals surface area contributed by atoms with Crippen molar-refractivity contribution >= 4 is 22.9 Å². The highest BCUT2D eigenvalue weighted by Gasteiger charge is 2.23. The summed E-state index contributed by atoms with van der Waals surface area (Å²) >= 11 is 1.42. The van der Waals surface area contributed by atoms with E-state index in [2.05, 4.69) is 15.5 Å². The predicted octanol–water partition coefficient (Wildman–Crippen LogP) is 4.71. The number of carbonyl (C=O) groups excluding carboxylic acids is 1. The van der Waals surface area contributed by atoms with Gasteiger partial charge in [-0.15, -0.1) is 11.3 Å². The molecular formula is C18H17N3O2S. The van der Waals surface area contributed by atoms with Gasteiger partial charge in [-0.3, -0.25) is 4.79 Å². The third kappa shape index (κ3) is 3.10. The lowest BCUT2D eigenvalue weighted by atomic mass is 10.1. The van der Waals surface area contributed by atoms with Gasteiger partial charge in [0.25, 0.3) is 5.91 Å². The predicted molar refractivity (Wildman–Crippen MR) is 93.2 cm³/mol. The van der Waals surface area contributed by atoms with Crippen LogP contribution in [0.25, 0.3) is 11.4 Å². The molecule has 1 fully saturated rings. The first-order valence-electron chi connectivity index (χ1n) is 8.08. The summed E-state index contributed by atoms with van der Waals surface area (Å²) in [6, 6.07) is 11.2. The molecule has 3 aromatic rings. The highest BCUT2D eigenvalue weighted by Crippen LogP contribution is 2.34. The minimum atomic E-state index is -0.109. The van der Waals surface area contributed by atoms with E-state index in [1.54, 1.807) is 6.07 Å². The van der Waals surface area contributed by atoms with Crippen LogP contribution in [-0.4, -0.2) is 16.0 Å². The van der Waals surface area contributed by atoms with Gasteiger partial charge in [0.2, 0.25) is 11.7 Å². The molecule has 1 amide bonds. The van der Waals surface area contributed by atoms with Crippen LogP contribution in [0, 0.1) is 0 Å². The molecule has 1 aromatic carbocycles. The average Bonchev–Trinajstić information content (AvgIpc) is 3.36. The van der Waals surface area contributed by atoms with E-state index < -0.39 is 0 Å². The molecule has 122 valence electrons. The van der Waals surface area contributed by atoms with Crippen LogP contribution in [0.15, 0.2) is 46.3 Å². The molecule has 2 aromatic heterocycles. The van der Waals surface area contributed by atoms with Crippen molar-refractivity contribution in [1.29, 1.82) is 0 Å². The van der Waals surface area contributed by atoms with Gasteiger partial charge >= 0.3 is 0 Å². The molecule has 5 nitrogen and oxygen atoms in total. The number of aromatic nitrogens is 2. The summed E-state index contributed by atoms with van der Waals surface area (Å²) < 4.78 is 5.44. The number of nitrogens with zero attached hydrogens (tertiary/aromatic N) is 2. The average molecular weight is 339 g/mol. The molecule has 0 radical (unpaired) electrons. The maximum atomic E-state index is 12.2. The number of amides is 1. The van der Waals surface area contributed by atoms with E-state index in [-0.39, 0.29) is 5.91 Å². The van der Waals surface area contributed by atoms with Gasteiger partial charge in [0, 0.05) is 17.2 Å². The molecule has 2 heterocycles. The zero-order valence-electron chi connectivity index (χ0n) is 13.1. The summed E-state index contributed by atoms with van der Waals surface area (Å²) in [7, 11) is 0. The second kappa shape index (κ2) is 6.57. The number of hydrogen-bond acceptors (Lipinski definition) is 5. The van der Waals surface area contributed by atoms with E-state index in [9.17, 15) is 4.79 Å². The quantitative estimate of drug-likeness (QED) is 0.747. The number of hydrogen-bond donors (Lipinski definition) is 1. The molecule has 1 N–H and O–H groups in total. The van der Waals surface area contributed by atoms with Gasteiger partial charge in [-0.2, -0.15) is 4.98 Å². The summed E-state index contributed by atoms with van der Waals surface area (Å²) in [5, 5.41) is 8.89. The van der Waals surface area contributed by atoms with Crippen LogP contribution in [0.4, 0.5) is 5.69 Å². The molecule has 0 spiro atoms. The number of nitrogens with one attached hydrogen (secondary N) is 1. The Labute approximate surface area is 143 Å². The smallest absolute Gasteiger partial charge is 0.265 e. The fourth-order valence-corrected chi connectivity index (χ4v) is 3.65. The van der Waals surface area contributed by atoms with Crippen molar-refractivity contribution in [3.8, 4) is 11.4 Å². The maximum absolute atomic E-state index is 12.2. The van der Waals surface area contributed by atoms with Gasteiger partial charge in [-0.05, 0) is 36.4 Å². The molecule has 0 bridgehead atoms. The molecule has 24 heavy (non-hydrogen) atoms. The van der Waals surface area contributed by atoms with Gasteiger partial charge < -0.3 is 9.84 Å². The molecule has 1 saturated carbocycles. The fraction of sp³-hybridized carbons (Fsp3) is 0.278. The molecule has 0 aliphatic heterocycles. The van der Waals surface area contributed by atoms with Gasteiger partial charge in [-0.25, -0.2) is 0 Å². The van der Waals surface area contributed by atoms with Crippen LogP contribution in [-0.2, 0) is 0 Å². The Morgan fingerprint density at radius 3 is 2.88 bits per heavy atom. The molecule has 4 rings (SSSR count). The summed E-state index contributed by atoms with van der Waals surface area (Å²) in [5.41, 5.74) is 1.56. The summed E-state index contributed by atoms with van der Waals surface area (Å²) in [6.45, 7) is 0. The molecular weight excluding hydrogens is 322 g/mol. The Kier molecular flexibility index (Phi) is 4.13. The summed E-state index contributed by atoms with van der Waals surface area (Å²) in [5.74, 6) is 1.59. The topological polar surface area (TPSA) is 68.0 Å². The first kappa shape index (κ1) is 15.1. The van der Waals surface area contributed by atoms with Crippen LogP contribution in [0.2, 0.25) is 0 Å². The monoisotopic (exact) mass is 339 g/mol. The van der Waals surface area contributed by atoms with Gasteiger partial charge in [0.05, 0.1) is 4.88 Å². The number of rotatable bonds is 4. The van der Waals surface area contributed by atoms with Crippen molar-refractivity contribution in [3.63, 3.8) is 0 Å². The highest BCUT2D eigenvalue weighted by molar-refractivity contribution is 7.12. The number of thiophene rings is 1. The van der Waals surface area contributed by atoms with Crippen LogP contribution >= 0.6 is 11.3 Å². The van der Waals surface area contributed by atoms with E-state index in [0.717, 1.165) is 30.0 Å². The van der Waals surface area contributed by atoms with E-state index in [0.29, 0.717) is 16.6 Å². The van der Waals surface area contributed by atoms with E-state index in [1.807, 2.05) is 35.7 Å². The zero-order valence-corrected chi connectivity index (χ0v) is 13.9. The largest absolute Gasteiger partial charge is 0.339 e. The Morgan fingerprint density at radius 1 is 1.21 bits per heavy atom. The molecule has 0 unspecified atom stereocenters. The van der Waals surface area contributed by atoms with E-state index in [1.165, 1.54) is 24.2 Å². The minimum absolute atomic E-state index is 0.109. The van der Waals surface area contributed by atoms with Gasteiger partial charge in [0.15, 0.2) is 0 Å². The van der Waals surface area contributed by atoms with Crippen LogP contribution in [0.5, 0.6) is 0 Å². The molecule has 1 aliphatic carbocycles. The van der Waals surface area contributed by atoms with E-state index >= 15 is 0 Å². The van der Waals surface area contributed by atoms with Crippen molar-refractivity contribution in [3.05, 3.63) is 52.5 Å². The first-order valence-corrected chi connectivity index (χ1v) is 8.96. The van der Waals surface area contributed by atoms with Crippen molar-refractivity contribution in [2.75, 3.05) is 5.32 Å². The lowest BCUT2D eigenvalue weighted by molar-refractivity contribution is 0.103. The Hall–Kier alpha value is -2.47. The Bertz CT molecular complexity index is 836. The third-order valence-corrected chi connectivity index (χ3v) is 5.14. The number of anilines is 1. The van der Waals surface area contributed by atoms with Gasteiger partial charge in [0.1, 0.15) is 0 Å². The van der Waals surface area contributed by atoms with Crippen LogP contribution < -0.4 is 5.32 Å². The number of benzene rings is 1. The SMILES string of the molecule is O=C(Nc1cccc(-c2noc(C3CCCC3)n2)c1)c1cccs1. The van der Waals surface area contributed by atoms with Crippen LogP contribution in [0.3, 0.4) is 0 Å². The second-order valence-corrected chi connectivity index (χ2v) is 6.90. The molecule has 0 saturated heterocycles. The first-order chi connectivity index (χ1) is 11.8. The Morgan fingerprint density at radius 2 is 2.08 bits per heavy atom. The summed E-state index contributed by atoms with van der Waals surface area (Å²) in [6.07, 6.45) is 4.70. The lowest BCUT2D eigenvalue weighted by Crippen LogP contribution is -2.09. The lowest BCUT2D eigenvalue weighted by Gasteiger charge is -2.04. The van der Waals surface area contributed by atoms with Crippen molar-refractivity contribution in [2.45, 2.75) is 31.6 Å². The Balaban J connectivity index is 1.53. The minimum Gasteiger partial charge on any atom is -0.339 e. The highest BCUT2D eigenvalue weighted by atomic mass is 32.1. The van der Waals surface area contributed by atoms with Crippen molar-refractivity contribution in [2.24, 2.45) is 0 Å². The summed E-state index contributed by atoms with van der Waals surface area (Å²) in [4.78, 5) is 17.4. The van der Waals surface area contributed by atoms with Crippen molar-refractivity contribution < 1.29 is 9.32 Å². The zero-order chi connectivity index (χ0) is 16.4. The standard InChI is InChI=1S/C18H17N3O2S/c22-17(15-9-4-10-24-15)19-14-8-3-7-13(11-14)16-20-18(23-21-16)12-5-1-2-6-12/h3-4,7-12H,1-2,5-6H2,(H,19,22). The van der Waals surface area contributed by atoms with E-state index in [4.69, 9.17) is 4.52 Å². The molecule has 6 heteroatoms. The van der Waals surface area contributed by atoms with Crippen LogP contribution in [0.1, 0.15) is 47.2 Å². The molecule has 0 atom stereocenters. The molecule has 1 aliphatic rings. The maximum Gasteiger partial charge on any atom is 0.265 e. The van der Waals surface area contributed by atoms with Gasteiger partial charge in [-0.1, -0.05) is 36.2 Å². The normalized spacial score (nSPS) is 14.8.